The van der Waals surface area contributed by atoms with Crippen LogP contribution in [0, 0.1) is 5.21 Å². The van der Waals surface area contributed by atoms with Gasteiger partial charge in [-0.3, -0.25) is 0 Å². The first kappa shape index (κ1) is 12.3. The Bertz CT molecular complexity index is 687. The molecule has 98 valence electrons. The predicted octanol–water partition coefficient (Wildman–Crippen LogP) is 2.33. The van der Waals surface area contributed by atoms with Crippen LogP contribution in [0.3, 0.4) is 0 Å². The maximum Gasteiger partial charge on any atom is 0.360 e. The highest BCUT2D eigenvalue weighted by Gasteiger charge is 2.63. The summed E-state index contributed by atoms with van der Waals surface area (Å²) in [6.07, 6.45) is -1.01. The van der Waals surface area contributed by atoms with Crippen molar-refractivity contribution in [3.63, 3.8) is 0 Å². The number of rotatable bonds is 3. The fraction of sp³-hybridized carbons (Fsp3) is 0.0769. The van der Waals surface area contributed by atoms with Crippen molar-refractivity contribution < 1.29 is 17.5 Å². The number of benzene rings is 2. The molecular weight excluding hydrogens is 266 g/mol. The van der Waals surface area contributed by atoms with Crippen LogP contribution in [0.5, 0.6) is 0 Å². The van der Waals surface area contributed by atoms with E-state index >= 15 is 0 Å². The van der Waals surface area contributed by atoms with E-state index in [0.29, 0.717) is 5.56 Å². The second-order valence-corrected chi connectivity index (χ2v) is 6.13. The second kappa shape index (κ2) is 4.14. The van der Waals surface area contributed by atoms with Crippen LogP contribution in [-0.4, -0.2) is 12.6 Å². The second-order valence-electron chi connectivity index (χ2n) is 4.20. The molecule has 6 heteroatoms. The first-order valence-electron chi connectivity index (χ1n) is 5.69. The van der Waals surface area contributed by atoms with E-state index in [-0.39, 0.29) is 4.90 Å². The summed E-state index contributed by atoms with van der Waals surface area (Å²) in [5.74, 6) is 0. The minimum atomic E-state index is -4.10. The van der Waals surface area contributed by atoms with Crippen LogP contribution in [-0.2, 0) is 14.9 Å². The average molecular weight is 277 g/mol. The summed E-state index contributed by atoms with van der Waals surface area (Å²) in [7, 11) is -4.10. The minimum absolute atomic E-state index is 0.0385. The number of hydrogen-bond donors (Lipinski definition) is 0. The van der Waals surface area contributed by atoms with Crippen molar-refractivity contribution in [2.45, 2.75) is 11.1 Å². The molecule has 2 aromatic rings. The summed E-state index contributed by atoms with van der Waals surface area (Å²) in [6, 6.07) is 16.2. The molecule has 19 heavy (non-hydrogen) atoms. The molecule has 1 fully saturated rings. The summed E-state index contributed by atoms with van der Waals surface area (Å²) in [5, 5.41) is 12.3. The summed E-state index contributed by atoms with van der Waals surface area (Å²) in [6.45, 7) is 0. The standard InChI is InChI=1S/C13H11NO4S/c15-14(13(18-14)11-7-3-1-4-8-11)19(16,17)12-9-5-2-6-10-12/h1-10,13H. The highest BCUT2D eigenvalue weighted by Crippen LogP contribution is 2.50. The van der Waals surface area contributed by atoms with Crippen LogP contribution in [0.15, 0.2) is 65.6 Å². The summed E-state index contributed by atoms with van der Waals surface area (Å²) in [4.78, 5) is 4.87. The SMILES string of the molecule is O=S(=O)(c1ccccc1)[N+]1([O-])OC1c1ccccc1. The van der Waals surface area contributed by atoms with Crippen LogP contribution in [0.2, 0.25) is 0 Å². The molecule has 2 atom stereocenters. The molecule has 5 nitrogen and oxygen atoms in total. The Kier molecular flexibility index (Phi) is 2.68. The van der Waals surface area contributed by atoms with Crippen LogP contribution in [0.4, 0.5) is 0 Å². The first-order valence-corrected chi connectivity index (χ1v) is 7.13. The van der Waals surface area contributed by atoms with Crippen molar-refractivity contribution in [3.05, 3.63) is 71.4 Å². The Morgan fingerprint density at radius 1 is 0.947 bits per heavy atom. The Labute approximate surface area is 110 Å². The van der Waals surface area contributed by atoms with Crippen molar-refractivity contribution in [2.24, 2.45) is 0 Å². The van der Waals surface area contributed by atoms with Gasteiger partial charge in [-0.15, -0.1) is 4.84 Å². The van der Waals surface area contributed by atoms with Gasteiger partial charge in [-0.1, -0.05) is 52.7 Å². The molecule has 0 saturated carbocycles. The van der Waals surface area contributed by atoms with Crippen LogP contribution < -0.4 is 0 Å². The average Bonchev–Trinajstić information content (AvgIpc) is 3.15. The van der Waals surface area contributed by atoms with E-state index in [1.165, 1.54) is 12.1 Å². The molecule has 3 rings (SSSR count). The third-order valence-electron chi connectivity index (χ3n) is 2.95. The Hall–Kier alpha value is -1.73. The van der Waals surface area contributed by atoms with E-state index in [1.54, 1.807) is 48.5 Å². The monoisotopic (exact) mass is 277 g/mol. The zero-order valence-electron chi connectivity index (χ0n) is 9.84. The fourth-order valence-electron chi connectivity index (χ4n) is 1.90. The van der Waals surface area contributed by atoms with Crippen molar-refractivity contribution in [2.75, 3.05) is 0 Å². The lowest BCUT2D eigenvalue weighted by Gasteiger charge is -2.15. The van der Waals surface area contributed by atoms with E-state index < -0.39 is 20.5 Å². The Morgan fingerprint density at radius 2 is 1.47 bits per heavy atom. The highest BCUT2D eigenvalue weighted by molar-refractivity contribution is 7.86. The zero-order valence-corrected chi connectivity index (χ0v) is 10.7. The molecule has 0 spiro atoms. The van der Waals surface area contributed by atoms with Crippen molar-refractivity contribution >= 4 is 10.0 Å². The first-order chi connectivity index (χ1) is 9.06. The molecule has 0 aromatic heterocycles. The molecule has 1 saturated heterocycles. The van der Waals surface area contributed by atoms with E-state index in [9.17, 15) is 13.6 Å². The lowest BCUT2D eigenvalue weighted by atomic mass is 10.2. The van der Waals surface area contributed by atoms with Gasteiger partial charge in [0.05, 0.1) is 0 Å². The number of sulfonamides is 1. The number of nitrogens with zero attached hydrogens (tertiary/aromatic N) is 1. The normalized spacial score (nSPS) is 26.1. The molecule has 0 radical (unpaired) electrons. The molecule has 2 unspecified atom stereocenters. The van der Waals surface area contributed by atoms with E-state index in [4.69, 9.17) is 4.84 Å². The molecule has 2 aromatic carbocycles. The lowest BCUT2D eigenvalue weighted by Crippen LogP contribution is -2.27. The molecule has 1 aliphatic rings. The van der Waals surface area contributed by atoms with Gasteiger partial charge >= 0.3 is 16.3 Å². The van der Waals surface area contributed by atoms with Gasteiger partial charge in [0.2, 0.25) is 0 Å². The highest BCUT2D eigenvalue weighted by atomic mass is 32.2. The van der Waals surface area contributed by atoms with Gasteiger partial charge in [-0.25, -0.2) is 0 Å². The number of hydrogen-bond acceptors (Lipinski definition) is 4. The van der Waals surface area contributed by atoms with Gasteiger partial charge in [0, 0.05) is 5.56 Å². The van der Waals surface area contributed by atoms with Gasteiger partial charge in [0.25, 0.3) is 0 Å². The third kappa shape index (κ3) is 1.85. The van der Waals surface area contributed by atoms with Gasteiger partial charge in [-0.2, -0.15) is 8.42 Å². The van der Waals surface area contributed by atoms with Crippen molar-refractivity contribution in [1.29, 1.82) is 0 Å². The topological polar surface area (TPSA) is 69.7 Å². The molecule has 0 amide bonds. The molecule has 1 heterocycles. The molecule has 0 bridgehead atoms. The maximum absolute atomic E-state index is 12.3. The lowest BCUT2D eigenvalue weighted by molar-refractivity contribution is -0.749. The van der Waals surface area contributed by atoms with Crippen LogP contribution in [0.1, 0.15) is 11.8 Å². The molecule has 0 aliphatic carbocycles. The van der Waals surface area contributed by atoms with Crippen LogP contribution in [0.25, 0.3) is 0 Å². The number of hydroxylamine groups is 2. The Balaban J connectivity index is 1.97. The van der Waals surface area contributed by atoms with Gasteiger partial charge in [-0.05, 0) is 12.1 Å². The van der Waals surface area contributed by atoms with E-state index in [0.717, 1.165) is 0 Å². The van der Waals surface area contributed by atoms with Crippen LogP contribution >= 0.6 is 0 Å². The summed E-state index contributed by atoms with van der Waals surface area (Å²) < 4.78 is 22.8. The van der Waals surface area contributed by atoms with E-state index in [1.807, 2.05) is 0 Å². The number of quaternary nitrogens is 1. The molecule has 0 N–H and O–H groups in total. The Morgan fingerprint density at radius 3 is 2.05 bits per heavy atom. The minimum Gasteiger partial charge on any atom is -0.580 e. The van der Waals surface area contributed by atoms with Gasteiger partial charge < -0.3 is 5.21 Å². The summed E-state index contributed by atoms with van der Waals surface area (Å²) >= 11 is 0. The predicted molar refractivity (Wildman–Crippen MR) is 67.5 cm³/mol. The largest absolute Gasteiger partial charge is 0.580 e. The fourth-order valence-corrected chi connectivity index (χ4v) is 3.26. The quantitative estimate of drug-likeness (QED) is 0.490. The smallest absolute Gasteiger partial charge is 0.360 e. The maximum atomic E-state index is 12.3. The van der Waals surface area contributed by atoms with Crippen molar-refractivity contribution in [3.8, 4) is 0 Å². The van der Waals surface area contributed by atoms with Crippen molar-refractivity contribution in [1.82, 2.24) is 0 Å². The molecule has 1 aliphatic heterocycles. The van der Waals surface area contributed by atoms with Gasteiger partial charge in [0.15, 0.2) is 0 Å². The molecular formula is C13H11NO4S. The third-order valence-corrected chi connectivity index (χ3v) is 4.76. The summed E-state index contributed by atoms with van der Waals surface area (Å²) in [5.41, 5.74) is 0.553. The van der Waals surface area contributed by atoms with E-state index in [2.05, 4.69) is 0 Å². The zero-order chi connectivity index (χ0) is 13.5. The van der Waals surface area contributed by atoms with Gasteiger partial charge in [0.1, 0.15) is 4.90 Å².